The van der Waals surface area contributed by atoms with Gasteiger partial charge in [-0.3, -0.25) is 9.69 Å². The summed E-state index contributed by atoms with van der Waals surface area (Å²) in [5, 5.41) is 1.18. The van der Waals surface area contributed by atoms with Gasteiger partial charge in [-0.15, -0.1) is 0 Å². The number of aromatic nitrogens is 1. The second-order valence-electron chi connectivity index (χ2n) is 6.64. The van der Waals surface area contributed by atoms with Crippen molar-refractivity contribution in [3.63, 3.8) is 0 Å². The molecule has 29 heavy (non-hydrogen) atoms. The minimum atomic E-state index is -0.121. The van der Waals surface area contributed by atoms with E-state index in [1.54, 1.807) is 48.4 Å². The number of carbonyl (C=O) groups is 1. The molecule has 8 heteroatoms. The molecule has 0 N–H and O–H groups in total. The fourth-order valence-electron chi connectivity index (χ4n) is 2.82. The Morgan fingerprint density at radius 2 is 1.86 bits per heavy atom. The summed E-state index contributed by atoms with van der Waals surface area (Å²) in [6.07, 6.45) is 0. The number of rotatable bonds is 8. The molecule has 0 saturated heterocycles. The maximum absolute atomic E-state index is 13.3. The molecule has 0 fully saturated rings. The van der Waals surface area contributed by atoms with Gasteiger partial charge in [0.1, 0.15) is 17.0 Å². The minimum Gasteiger partial charge on any atom is -0.494 e. The van der Waals surface area contributed by atoms with Crippen molar-refractivity contribution in [1.82, 2.24) is 9.88 Å². The summed E-state index contributed by atoms with van der Waals surface area (Å²) in [6.45, 7) is 3.70. The van der Waals surface area contributed by atoms with Crippen LogP contribution in [0, 0.1) is 0 Å². The highest BCUT2D eigenvalue weighted by atomic mass is 35.5. The molecule has 0 aliphatic heterocycles. The Labute approximate surface area is 179 Å². The monoisotopic (exact) mass is 433 g/mol. The first kappa shape index (κ1) is 21.4. The van der Waals surface area contributed by atoms with Crippen LogP contribution in [0.25, 0.3) is 10.2 Å². The Bertz CT molecular complexity index is 989. The van der Waals surface area contributed by atoms with Crippen LogP contribution < -0.4 is 14.4 Å². The number of nitrogens with zero attached hydrogens (tertiary/aromatic N) is 3. The number of ether oxygens (including phenoxy) is 2. The molecule has 0 aliphatic rings. The highest BCUT2D eigenvalue weighted by Gasteiger charge is 2.23. The van der Waals surface area contributed by atoms with Gasteiger partial charge >= 0.3 is 0 Å². The van der Waals surface area contributed by atoms with Crippen LogP contribution in [0.1, 0.15) is 17.3 Å². The summed E-state index contributed by atoms with van der Waals surface area (Å²) in [6, 6.07) is 10.7. The molecule has 0 radical (unpaired) electrons. The molecular formula is C21H24ClN3O3S. The van der Waals surface area contributed by atoms with E-state index in [4.69, 9.17) is 21.1 Å². The summed E-state index contributed by atoms with van der Waals surface area (Å²) < 4.78 is 11.7. The van der Waals surface area contributed by atoms with Crippen molar-refractivity contribution in [3.8, 4) is 11.5 Å². The number of benzene rings is 2. The fourth-order valence-corrected chi connectivity index (χ4v) is 4.10. The van der Waals surface area contributed by atoms with Crippen LogP contribution >= 0.6 is 22.9 Å². The molecule has 6 nitrogen and oxygen atoms in total. The molecule has 1 heterocycles. The van der Waals surface area contributed by atoms with Gasteiger partial charge in [0.2, 0.25) is 0 Å². The molecule has 0 bridgehead atoms. The van der Waals surface area contributed by atoms with Gasteiger partial charge in [-0.05, 0) is 57.4 Å². The number of anilines is 1. The van der Waals surface area contributed by atoms with Crippen molar-refractivity contribution < 1.29 is 14.3 Å². The van der Waals surface area contributed by atoms with Crippen LogP contribution in [-0.4, -0.2) is 56.7 Å². The van der Waals surface area contributed by atoms with Crippen molar-refractivity contribution >= 4 is 44.2 Å². The second kappa shape index (κ2) is 9.43. The Morgan fingerprint density at radius 1 is 1.14 bits per heavy atom. The number of methoxy groups -OCH3 is 1. The molecule has 0 aliphatic carbocycles. The molecule has 1 aromatic heterocycles. The predicted octanol–water partition coefficient (Wildman–Crippen LogP) is 4.57. The lowest BCUT2D eigenvalue weighted by Gasteiger charge is -2.22. The molecular weight excluding hydrogens is 410 g/mol. The van der Waals surface area contributed by atoms with Crippen molar-refractivity contribution in [2.45, 2.75) is 6.92 Å². The predicted molar refractivity (Wildman–Crippen MR) is 119 cm³/mol. The molecule has 0 saturated carbocycles. The maximum Gasteiger partial charge on any atom is 0.260 e. The average molecular weight is 434 g/mol. The first-order valence-corrected chi connectivity index (χ1v) is 10.5. The lowest BCUT2D eigenvalue weighted by Crippen LogP contribution is -2.36. The number of hydrogen-bond acceptors (Lipinski definition) is 6. The van der Waals surface area contributed by atoms with Crippen LogP contribution in [0.4, 0.5) is 5.13 Å². The van der Waals surface area contributed by atoms with Crippen molar-refractivity contribution in [1.29, 1.82) is 0 Å². The van der Waals surface area contributed by atoms with Gasteiger partial charge in [0, 0.05) is 18.7 Å². The Hall–Kier alpha value is -2.35. The van der Waals surface area contributed by atoms with Gasteiger partial charge < -0.3 is 14.4 Å². The van der Waals surface area contributed by atoms with Gasteiger partial charge in [0.25, 0.3) is 5.91 Å². The molecule has 0 atom stereocenters. The van der Waals surface area contributed by atoms with Gasteiger partial charge in [-0.1, -0.05) is 22.9 Å². The van der Waals surface area contributed by atoms with Crippen molar-refractivity contribution in [2.24, 2.45) is 0 Å². The lowest BCUT2D eigenvalue weighted by molar-refractivity contribution is 0.0985. The summed E-state index contributed by atoms with van der Waals surface area (Å²) in [4.78, 5) is 21.7. The lowest BCUT2D eigenvalue weighted by atomic mass is 10.2. The molecule has 3 rings (SSSR count). The molecule has 0 unspecified atom stereocenters. The van der Waals surface area contributed by atoms with E-state index in [-0.39, 0.29) is 5.91 Å². The molecule has 2 aromatic carbocycles. The number of halogens is 1. The Morgan fingerprint density at radius 3 is 2.48 bits per heavy atom. The zero-order valence-corrected chi connectivity index (χ0v) is 18.5. The number of likely N-dealkylation sites (N-methyl/N-ethyl adjacent to an activating group) is 1. The van der Waals surface area contributed by atoms with Crippen LogP contribution in [0.5, 0.6) is 11.5 Å². The van der Waals surface area contributed by atoms with Gasteiger partial charge in [0.15, 0.2) is 5.13 Å². The first-order chi connectivity index (χ1) is 13.9. The first-order valence-electron chi connectivity index (χ1n) is 9.27. The average Bonchev–Trinajstić information content (AvgIpc) is 3.15. The van der Waals surface area contributed by atoms with Crippen LogP contribution in [-0.2, 0) is 0 Å². The van der Waals surface area contributed by atoms with E-state index >= 15 is 0 Å². The number of amides is 1. The summed E-state index contributed by atoms with van der Waals surface area (Å²) in [7, 11) is 5.53. The third-order valence-corrected chi connectivity index (χ3v) is 5.86. The summed E-state index contributed by atoms with van der Waals surface area (Å²) in [5.41, 5.74) is 1.24. The van der Waals surface area contributed by atoms with Gasteiger partial charge in [-0.2, -0.15) is 0 Å². The van der Waals surface area contributed by atoms with Crippen LogP contribution in [0.2, 0.25) is 5.02 Å². The number of carbonyl (C=O) groups excluding carboxylic acids is 1. The quantitative estimate of drug-likeness (QED) is 0.521. The number of thiazole rings is 1. The largest absolute Gasteiger partial charge is 0.494 e. The van der Waals surface area contributed by atoms with E-state index in [0.29, 0.717) is 46.7 Å². The van der Waals surface area contributed by atoms with Crippen LogP contribution in [0.3, 0.4) is 0 Å². The standard InChI is InChI=1S/C21H24ClN3O3S/c1-5-28-15-8-6-14(7-9-15)20(26)25(13-12-24(2)3)21-23-18-17(27-4)11-10-16(22)19(18)29-21/h6-11H,5,12-13H2,1-4H3. The summed E-state index contributed by atoms with van der Waals surface area (Å²) >= 11 is 7.75. The number of fused-ring (bicyclic) bond motifs is 1. The van der Waals surface area contributed by atoms with Crippen molar-refractivity contribution in [2.75, 3.05) is 45.8 Å². The van der Waals surface area contributed by atoms with Crippen LogP contribution in [0.15, 0.2) is 36.4 Å². The third-order valence-electron chi connectivity index (χ3n) is 4.33. The zero-order valence-electron chi connectivity index (χ0n) is 16.9. The maximum atomic E-state index is 13.3. The minimum absolute atomic E-state index is 0.121. The normalized spacial score (nSPS) is 11.1. The van der Waals surface area contributed by atoms with E-state index in [2.05, 4.69) is 4.98 Å². The van der Waals surface area contributed by atoms with E-state index in [1.807, 2.05) is 25.9 Å². The molecule has 3 aromatic rings. The highest BCUT2D eigenvalue weighted by Crippen LogP contribution is 2.39. The zero-order chi connectivity index (χ0) is 21.0. The van der Waals surface area contributed by atoms with Crippen molar-refractivity contribution in [3.05, 3.63) is 47.0 Å². The molecule has 0 spiro atoms. The van der Waals surface area contributed by atoms with E-state index in [9.17, 15) is 4.79 Å². The smallest absolute Gasteiger partial charge is 0.260 e. The number of hydrogen-bond donors (Lipinski definition) is 0. The molecule has 1 amide bonds. The summed E-state index contributed by atoms with van der Waals surface area (Å²) in [5.74, 6) is 1.25. The Balaban J connectivity index is 1.99. The Kier molecular flexibility index (Phi) is 6.95. The third kappa shape index (κ3) is 4.80. The van der Waals surface area contributed by atoms with E-state index < -0.39 is 0 Å². The van der Waals surface area contributed by atoms with Gasteiger partial charge in [0.05, 0.1) is 23.4 Å². The van der Waals surface area contributed by atoms with E-state index in [1.165, 1.54) is 11.3 Å². The molecule has 154 valence electrons. The second-order valence-corrected chi connectivity index (χ2v) is 8.03. The van der Waals surface area contributed by atoms with Gasteiger partial charge in [-0.25, -0.2) is 4.98 Å². The van der Waals surface area contributed by atoms with E-state index in [0.717, 1.165) is 10.4 Å². The topological polar surface area (TPSA) is 54.9 Å². The highest BCUT2D eigenvalue weighted by molar-refractivity contribution is 7.23. The SMILES string of the molecule is CCOc1ccc(C(=O)N(CCN(C)C)c2nc3c(OC)ccc(Cl)c3s2)cc1. The fraction of sp³-hybridized carbons (Fsp3) is 0.333.